The first-order valence-corrected chi connectivity index (χ1v) is 7.43. The van der Waals surface area contributed by atoms with Crippen LogP contribution in [0.4, 0.5) is 0 Å². The number of rotatable bonds is 6. The van der Waals surface area contributed by atoms with Crippen molar-refractivity contribution in [2.75, 3.05) is 13.7 Å². The average Bonchev–Trinajstić information content (AvgIpc) is 2.88. The van der Waals surface area contributed by atoms with Gasteiger partial charge in [0, 0.05) is 23.2 Å². The fourth-order valence-electron chi connectivity index (χ4n) is 1.71. The first-order valence-electron chi connectivity index (χ1n) is 6.24. The van der Waals surface area contributed by atoms with E-state index in [0.717, 1.165) is 30.1 Å². The molecule has 1 N–H and O–H groups in total. The molecule has 0 atom stereocenters. The number of hydrogen-bond acceptors (Lipinski definition) is 4. The molecule has 5 heteroatoms. The highest BCUT2D eigenvalue weighted by atomic mass is 35.5. The molecule has 0 unspecified atom stereocenters. The number of hydrogen-bond donors (Lipinski definition) is 1. The van der Waals surface area contributed by atoms with Gasteiger partial charge in [-0.05, 0) is 31.2 Å². The lowest BCUT2D eigenvalue weighted by Crippen LogP contribution is -2.12. The molecule has 0 aliphatic rings. The standard InChI is InChI=1S/C14H17ClN2OS/c1-3-6-16-8-11-9-17-14(19-11)10-4-5-13(18-2)12(15)7-10/h4-5,7,9,16H,3,6,8H2,1-2H3. The third-order valence-electron chi connectivity index (χ3n) is 2.68. The highest BCUT2D eigenvalue weighted by molar-refractivity contribution is 7.15. The Bertz CT molecular complexity index is 542. The lowest BCUT2D eigenvalue weighted by Gasteiger charge is -2.03. The third kappa shape index (κ3) is 3.69. The fraction of sp³-hybridized carbons (Fsp3) is 0.357. The van der Waals surface area contributed by atoms with Gasteiger partial charge in [-0.15, -0.1) is 11.3 Å². The number of halogens is 1. The van der Waals surface area contributed by atoms with E-state index in [9.17, 15) is 0 Å². The molecule has 0 amide bonds. The molecule has 0 saturated heterocycles. The van der Waals surface area contributed by atoms with Gasteiger partial charge >= 0.3 is 0 Å². The van der Waals surface area contributed by atoms with Gasteiger partial charge in [0.25, 0.3) is 0 Å². The number of thiazole rings is 1. The Hall–Kier alpha value is -1.10. The van der Waals surface area contributed by atoms with Crippen LogP contribution in [0.2, 0.25) is 5.02 Å². The summed E-state index contributed by atoms with van der Waals surface area (Å²) in [7, 11) is 1.61. The van der Waals surface area contributed by atoms with Gasteiger partial charge in [-0.25, -0.2) is 4.98 Å². The number of methoxy groups -OCH3 is 1. The van der Waals surface area contributed by atoms with Crippen molar-refractivity contribution in [3.05, 3.63) is 34.3 Å². The molecule has 0 aliphatic carbocycles. The molecule has 0 radical (unpaired) electrons. The highest BCUT2D eigenvalue weighted by Crippen LogP contribution is 2.32. The molecule has 1 aromatic carbocycles. The summed E-state index contributed by atoms with van der Waals surface area (Å²) in [5, 5.41) is 4.97. The SMILES string of the molecule is CCCNCc1cnc(-c2ccc(OC)c(Cl)c2)s1. The second kappa shape index (κ2) is 6.89. The zero-order valence-electron chi connectivity index (χ0n) is 11.1. The molecular formula is C14H17ClN2OS. The van der Waals surface area contributed by atoms with Crippen molar-refractivity contribution in [3.63, 3.8) is 0 Å². The Morgan fingerprint density at radius 1 is 1.42 bits per heavy atom. The molecule has 19 heavy (non-hydrogen) atoms. The summed E-state index contributed by atoms with van der Waals surface area (Å²) in [6, 6.07) is 5.74. The maximum absolute atomic E-state index is 6.13. The van der Waals surface area contributed by atoms with Crippen LogP contribution < -0.4 is 10.1 Å². The second-order valence-corrected chi connectivity index (χ2v) is 5.68. The first-order chi connectivity index (χ1) is 9.24. The minimum Gasteiger partial charge on any atom is -0.495 e. The zero-order chi connectivity index (χ0) is 13.7. The van der Waals surface area contributed by atoms with Crippen molar-refractivity contribution in [2.24, 2.45) is 0 Å². The molecule has 2 rings (SSSR count). The molecule has 0 spiro atoms. The van der Waals surface area contributed by atoms with Crippen molar-refractivity contribution < 1.29 is 4.74 Å². The van der Waals surface area contributed by atoms with E-state index < -0.39 is 0 Å². The fourth-order valence-corrected chi connectivity index (χ4v) is 2.85. The van der Waals surface area contributed by atoms with Crippen molar-refractivity contribution in [2.45, 2.75) is 19.9 Å². The van der Waals surface area contributed by atoms with Crippen molar-refractivity contribution in [1.29, 1.82) is 0 Å². The van der Waals surface area contributed by atoms with E-state index in [1.165, 1.54) is 4.88 Å². The predicted molar refractivity (Wildman–Crippen MR) is 81.1 cm³/mol. The van der Waals surface area contributed by atoms with E-state index in [4.69, 9.17) is 16.3 Å². The molecule has 102 valence electrons. The van der Waals surface area contributed by atoms with Crippen LogP contribution in [0.15, 0.2) is 24.4 Å². The minimum absolute atomic E-state index is 0.612. The van der Waals surface area contributed by atoms with Crippen LogP contribution >= 0.6 is 22.9 Å². The van der Waals surface area contributed by atoms with Gasteiger partial charge in [0.2, 0.25) is 0 Å². The number of benzene rings is 1. The van der Waals surface area contributed by atoms with Crippen LogP contribution in [0.25, 0.3) is 10.6 Å². The summed E-state index contributed by atoms with van der Waals surface area (Å²) >= 11 is 7.81. The molecule has 3 nitrogen and oxygen atoms in total. The monoisotopic (exact) mass is 296 g/mol. The molecule has 0 saturated carbocycles. The average molecular weight is 297 g/mol. The summed E-state index contributed by atoms with van der Waals surface area (Å²) < 4.78 is 5.15. The summed E-state index contributed by atoms with van der Waals surface area (Å²) in [6.45, 7) is 4.06. The number of ether oxygens (including phenoxy) is 1. The van der Waals surface area contributed by atoms with E-state index in [2.05, 4.69) is 17.2 Å². The summed E-state index contributed by atoms with van der Waals surface area (Å²) in [5.41, 5.74) is 1.03. The van der Waals surface area contributed by atoms with Crippen molar-refractivity contribution in [1.82, 2.24) is 10.3 Å². The molecule has 0 fully saturated rings. The summed E-state index contributed by atoms with van der Waals surface area (Å²) in [4.78, 5) is 5.67. The van der Waals surface area contributed by atoms with Gasteiger partial charge in [-0.2, -0.15) is 0 Å². The van der Waals surface area contributed by atoms with E-state index >= 15 is 0 Å². The van der Waals surface area contributed by atoms with Crippen LogP contribution in [0.3, 0.4) is 0 Å². The second-order valence-electron chi connectivity index (χ2n) is 4.16. The molecule has 1 aromatic heterocycles. The first kappa shape index (κ1) is 14.3. The number of aromatic nitrogens is 1. The Morgan fingerprint density at radius 2 is 2.26 bits per heavy atom. The highest BCUT2D eigenvalue weighted by Gasteiger charge is 2.07. The van der Waals surface area contributed by atoms with Crippen LogP contribution in [0, 0.1) is 0 Å². The van der Waals surface area contributed by atoms with Gasteiger partial charge < -0.3 is 10.1 Å². The van der Waals surface area contributed by atoms with Crippen LogP contribution in [0.5, 0.6) is 5.75 Å². The maximum Gasteiger partial charge on any atom is 0.137 e. The predicted octanol–water partition coefficient (Wildman–Crippen LogP) is 3.97. The van der Waals surface area contributed by atoms with Crippen LogP contribution in [-0.4, -0.2) is 18.6 Å². The largest absolute Gasteiger partial charge is 0.495 e. The van der Waals surface area contributed by atoms with Crippen LogP contribution in [-0.2, 0) is 6.54 Å². The lowest BCUT2D eigenvalue weighted by atomic mass is 10.2. The Balaban J connectivity index is 2.11. The van der Waals surface area contributed by atoms with Gasteiger partial charge in [-0.3, -0.25) is 0 Å². The number of nitrogens with zero attached hydrogens (tertiary/aromatic N) is 1. The molecule has 0 aliphatic heterocycles. The molecule has 2 aromatic rings. The van der Waals surface area contributed by atoms with Crippen molar-refractivity contribution in [3.8, 4) is 16.3 Å². The van der Waals surface area contributed by atoms with E-state index in [0.29, 0.717) is 10.8 Å². The van der Waals surface area contributed by atoms with Gasteiger partial charge in [-0.1, -0.05) is 18.5 Å². The van der Waals surface area contributed by atoms with Gasteiger partial charge in [0.05, 0.1) is 12.1 Å². The Morgan fingerprint density at radius 3 is 2.95 bits per heavy atom. The quantitative estimate of drug-likeness (QED) is 0.819. The Labute approximate surface area is 122 Å². The van der Waals surface area contributed by atoms with E-state index in [1.807, 2.05) is 24.4 Å². The summed E-state index contributed by atoms with van der Waals surface area (Å²) in [5.74, 6) is 0.687. The Kier molecular flexibility index (Phi) is 5.19. The van der Waals surface area contributed by atoms with Gasteiger partial charge in [0.1, 0.15) is 10.8 Å². The smallest absolute Gasteiger partial charge is 0.137 e. The minimum atomic E-state index is 0.612. The molecule has 1 heterocycles. The third-order valence-corrected chi connectivity index (χ3v) is 4.02. The molecule has 0 bridgehead atoms. The van der Waals surface area contributed by atoms with Crippen molar-refractivity contribution >= 4 is 22.9 Å². The topological polar surface area (TPSA) is 34.2 Å². The zero-order valence-corrected chi connectivity index (χ0v) is 12.6. The van der Waals surface area contributed by atoms with Crippen LogP contribution in [0.1, 0.15) is 18.2 Å². The van der Waals surface area contributed by atoms with E-state index in [-0.39, 0.29) is 0 Å². The van der Waals surface area contributed by atoms with Gasteiger partial charge in [0.15, 0.2) is 0 Å². The lowest BCUT2D eigenvalue weighted by molar-refractivity contribution is 0.415. The maximum atomic E-state index is 6.13. The normalized spacial score (nSPS) is 10.7. The summed E-state index contributed by atoms with van der Waals surface area (Å²) in [6.07, 6.45) is 3.06. The van der Waals surface area contributed by atoms with E-state index in [1.54, 1.807) is 18.4 Å². The number of nitrogens with one attached hydrogen (secondary N) is 1. The molecular weight excluding hydrogens is 280 g/mol.